The number of fused-ring (bicyclic) bond motifs is 2. The van der Waals surface area contributed by atoms with Crippen LogP contribution in [0.3, 0.4) is 0 Å². The van der Waals surface area contributed by atoms with E-state index >= 15 is 0 Å². The van der Waals surface area contributed by atoms with Crippen LogP contribution in [-0.2, 0) is 9.53 Å². The van der Waals surface area contributed by atoms with E-state index in [0.29, 0.717) is 23.5 Å². The Labute approximate surface area is 73.3 Å². The third kappa shape index (κ3) is 1.09. The van der Waals surface area contributed by atoms with E-state index in [9.17, 15) is 4.79 Å². The van der Waals surface area contributed by atoms with Crippen LogP contribution in [0.4, 0.5) is 0 Å². The molecule has 1 aliphatic heterocycles. The van der Waals surface area contributed by atoms with E-state index in [1.165, 1.54) is 0 Å². The molecule has 2 nitrogen and oxygen atoms in total. The summed E-state index contributed by atoms with van der Waals surface area (Å²) in [6.07, 6.45) is 2.17. The van der Waals surface area contributed by atoms with Gasteiger partial charge in [0, 0.05) is 5.92 Å². The van der Waals surface area contributed by atoms with Gasteiger partial charge in [-0.15, -0.1) is 0 Å². The molecule has 4 atom stereocenters. The topological polar surface area (TPSA) is 26.3 Å². The van der Waals surface area contributed by atoms with E-state index in [1.807, 2.05) is 0 Å². The number of ether oxygens (including phenoxy) is 1. The summed E-state index contributed by atoms with van der Waals surface area (Å²) in [6.45, 7) is 5.02. The number of Topliss-reactive ketones (excluding diaryl/α,β-unsaturated/α-hetero) is 1. The first-order valence-corrected chi connectivity index (χ1v) is 4.85. The van der Waals surface area contributed by atoms with Crippen molar-refractivity contribution in [1.29, 1.82) is 0 Å². The van der Waals surface area contributed by atoms with Gasteiger partial charge >= 0.3 is 0 Å². The maximum Gasteiger partial charge on any atom is 0.165 e. The highest BCUT2D eigenvalue weighted by molar-refractivity contribution is 5.87. The fourth-order valence-electron chi connectivity index (χ4n) is 2.41. The van der Waals surface area contributed by atoms with Crippen LogP contribution in [0.5, 0.6) is 0 Å². The number of carbonyl (C=O) groups is 1. The summed E-state index contributed by atoms with van der Waals surface area (Å²) in [5.74, 6) is 1.56. The van der Waals surface area contributed by atoms with Crippen LogP contribution in [-0.4, -0.2) is 18.5 Å². The zero-order valence-electron chi connectivity index (χ0n) is 7.75. The smallest absolute Gasteiger partial charge is 0.165 e. The minimum Gasteiger partial charge on any atom is -0.370 e. The largest absolute Gasteiger partial charge is 0.370 e. The van der Waals surface area contributed by atoms with Crippen LogP contribution >= 0.6 is 0 Å². The zero-order valence-corrected chi connectivity index (χ0v) is 7.75. The quantitative estimate of drug-likeness (QED) is 0.549. The molecule has 1 heterocycles. The fourth-order valence-corrected chi connectivity index (χ4v) is 2.41. The summed E-state index contributed by atoms with van der Waals surface area (Å²) in [5, 5.41) is 0. The second-order valence-electron chi connectivity index (χ2n) is 4.29. The predicted octanol–water partition coefficient (Wildman–Crippen LogP) is 1.64. The lowest BCUT2D eigenvalue weighted by Gasteiger charge is -2.40. The molecular weight excluding hydrogens is 152 g/mol. The van der Waals surface area contributed by atoms with Crippen molar-refractivity contribution in [3.8, 4) is 0 Å². The molecule has 2 bridgehead atoms. The summed E-state index contributed by atoms with van der Waals surface area (Å²) in [5.41, 5.74) is 0. The molecule has 0 amide bonds. The van der Waals surface area contributed by atoms with Gasteiger partial charge in [0.15, 0.2) is 5.78 Å². The number of hydrogen-bond acceptors (Lipinski definition) is 2. The van der Waals surface area contributed by atoms with Gasteiger partial charge in [-0.05, 0) is 24.7 Å². The molecule has 68 valence electrons. The third-order valence-corrected chi connectivity index (χ3v) is 3.32. The van der Waals surface area contributed by atoms with Crippen LogP contribution in [0.1, 0.15) is 26.7 Å². The van der Waals surface area contributed by atoms with Crippen molar-refractivity contribution < 1.29 is 9.53 Å². The standard InChI is InChI=1S/C10H16O2/c1-6-3-4-8-7(2)5-12-10(6)9(8)11/h6-8,10H,3-5H2,1-2H3. The predicted molar refractivity (Wildman–Crippen MR) is 45.8 cm³/mol. The van der Waals surface area contributed by atoms with Gasteiger partial charge in [0.1, 0.15) is 6.10 Å². The van der Waals surface area contributed by atoms with E-state index < -0.39 is 0 Å². The highest BCUT2D eigenvalue weighted by atomic mass is 16.5. The third-order valence-electron chi connectivity index (χ3n) is 3.32. The van der Waals surface area contributed by atoms with Crippen molar-refractivity contribution >= 4 is 5.78 Å². The Balaban J connectivity index is 2.18. The minimum absolute atomic E-state index is 0.0695. The average molecular weight is 168 g/mol. The fraction of sp³-hybridized carbons (Fsp3) is 0.900. The molecule has 4 unspecified atom stereocenters. The lowest BCUT2D eigenvalue weighted by molar-refractivity contribution is -0.157. The highest BCUT2D eigenvalue weighted by Crippen LogP contribution is 2.36. The van der Waals surface area contributed by atoms with Gasteiger partial charge in [-0.25, -0.2) is 0 Å². The Bertz CT molecular complexity index is 180. The summed E-state index contributed by atoms with van der Waals surface area (Å²) in [6, 6.07) is 0. The zero-order chi connectivity index (χ0) is 8.72. The lowest BCUT2D eigenvalue weighted by atomic mass is 9.72. The summed E-state index contributed by atoms with van der Waals surface area (Å²) < 4.78 is 5.54. The maximum absolute atomic E-state index is 11.7. The van der Waals surface area contributed by atoms with Crippen LogP contribution in [0, 0.1) is 17.8 Å². The van der Waals surface area contributed by atoms with Crippen molar-refractivity contribution in [2.24, 2.45) is 17.8 Å². The number of hydrogen-bond donors (Lipinski definition) is 0. The first-order valence-electron chi connectivity index (χ1n) is 4.85. The molecule has 0 aromatic heterocycles. The molecule has 2 fully saturated rings. The molecule has 0 aromatic carbocycles. The van der Waals surface area contributed by atoms with E-state index in [0.717, 1.165) is 19.4 Å². The Kier molecular flexibility index (Phi) is 1.95. The van der Waals surface area contributed by atoms with Gasteiger partial charge in [-0.1, -0.05) is 13.8 Å². The number of carbonyl (C=O) groups excluding carboxylic acids is 1. The molecule has 12 heavy (non-hydrogen) atoms. The Hall–Kier alpha value is -0.370. The van der Waals surface area contributed by atoms with Crippen molar-refractivity contribution in [2.75, 3.05) is 6.61 Å². The molecule has 0 radical (unpaired) electrons. The monoisotopic (exact) mass is 168 g/mol. The SMILES string of the molecule is CC1COC2C(=O)C1CCC2C. The van der Waals surface area contributed by atoms with Gasteiger partial charge < -0.3 is 4.74 Å². The van der Waals surface area contributed by atoms with Crippen molar-refractivity contribution in [3.63, 3.8) is 0 Å². The van der Waals surface area contributed by atoms with Gasteiger partial charge in [0.25, 0.3) is 0 Å². The van der Waals surface area contributed by atoms with Gasteiger partial charge in [0.05, 0.1) is 6.61 Å². The molecule has 2 heteroatoms. The van der Waals surface area contributed by atoms with E-state index in [4.69, 9.17) is 4.74 Å². The summed E-state index contributed by atoms with van der Waals surface area (Å²) >= 11 is 0. The van der Waals surface area contributed by atoms with Gasteiger partial charge in [0.2, 0.25) is 0 Å². The molecule has 1 saturated carbocycles. The molecule has 1 saturated heterocycles. The second kappa shape index (κ2) is 2.84. The first-order chi connectivity index (χ1) is 5.70. The first kappa shape index (κ1) is 8.24. The Morgan fingerprint density at radius 2 is 2.00 bits per heavy atom. The van der Waals surface area contributed by atoms with Crippen molar-refractivity contribution in [3.05, 3.63) is 0 Å². The number of ketones is 1. The summed E-state index contributed by atoms with van der Waals surface area (Å²) in [7, 11) is 0. The number of rotatable bonds is 0. The molecule has 2 rings (SSSR count). The maximum atomic E-state index is 11.7. The molecule has 0 N–H and O–H groups in total. The average Bonchev–Trinajstić information content (AvgIpc) is 2.01. The second-order valence-corrected chi connectivity index (χ2v) is 4.29. The molecule has 0 spiro atoms. The van der Waals surface area contributed by atoms with Gasteiger partial charge in [-0.3, -0.25) is 4.79 Å². The molecule has 2 aliphatic rings. The lowest BCUT2D eigenvalue weighted by Crippen LogP contribution is -2.48. The van der Waals surface area contributed by atoms with Crippen LogP contribution in [0.15, 0.2) is 0 Å². The van der Waals surface area contributed by atoms with Crippen LogP contribution in [0.25, 0.3) is 0 Å². The minimum atomic E-state index is -0.0695. The molecular formula is C10H16O2. The molecule has 1 aliphatic carbocycles. The van der Waals surface area contributed by atoms with E-state index in [1.54, 1.807) is 0 Å². The molecule has 0 aromatic rings. The van der Waals surface area contributed by atoms with Crippen LogP contribution < -0.4 is 0 Å². The Morgan fingerprint density at radius 3 is 2.75 bits per heavy atom. The normalized spacial score (nSPS) is 47.7. The Morgan fingerprint density at radius 1 is 1.25 bits per heavy atom. The summed E-state index contributed by atoms with van der Waals surface area (Å²) in [4.78, 5) is 11.7. The van der Waals surface area contributed by atoms with E-state index in [-0.39, 0.29) is 6.10 Å². The van der Waals surface area contributed by atoms with Crippen molar-refractivity contribution in [1.82, 2.24) is 0 Å². The highest BCUT2D eigenvalue weighted by Gasteiger charge is 2.42. The van der Waals surface area contributed by atoms with E-state index in [2.05, 4.69) is 13.8 Å². The van der Waals surface area contributed by atoms with Crippen molar-refractivity contribution in [2.45, 2.75) is 32.8 Å². The van der Waals surface area contributed by atoms with Crippen LogP contribution in [0.2, 0.25) is 0 Å². The van der Waals surface area contributed by atoms with Gasteiger partial charge in [-0.2, -0.15) is 0 Å².